The second kappa shape index (κ2) is 8.27. The smallest absolute Gasteiger partial charge is 0.253 e. The van der Waals surface area contributed by atoms with Crippen molar-refractivity contribution in [2.45, 2.75) is 17.7 Å². The van der Waals surface area contributed by atoms with Gasteiger partial charge in [0.2, 0.25) is 21.8 Å². The number of hydrogen-bond donors (Lipinski definition) is 2. The van der Waals surface area contributed by atoms with E-state index in [0.717, 1.165) is 4.31 Å². The van der Waals surface area contributed by atoms with Gasteiger partial charge in [-0.15, -0.1) is 0 Å². The Kier molecular flexibility index (Phi) is 5.99. The first-order valence-corrected chi connectivity index (χ1v) is 10.6. The zero-order valence-corrected chi connectivity index (χ0v) is 16.5. The van der Waals surface area contributed by atoms with E-state index in [4.69, 9.17) is 0 Å². The maximum Gasteiger partial charge on any atom is 0.253 e. The minimum absolute atomic E-state index is 0.00621. The number of piperidine rings is 1. The molecule has 1 aromatic carbocycles. The van der Waals surface area contributed by atoms with Crippen molar-refractivity contribution >= 4 is 27.7 Å². The van der Waals surface area contributed by atoms with Crippen LogP contribution in [0.25, 0.3) is 0 Å². The van der Waals surface area contributed by atoms with E-state index in [1.165, 1.54) is 18.2 Å². The molecule has 28 heavy (non-hydrogen) atoms. The van der Waals surface area contributed by atoms with Gasteiger partial charge in [0, 0.05) is 44.7 Å². The lowest BCUT2D eigenvalue weighted by atomic mass is 9.95. The number of rotatable bonds is 4. The molecule has 0 saturated carbocycles. The highest BCUT2D eigenvalue weighted by molar-refractivity contribution is 7.89. The lowest BCUT2D eigenvalue weighted by Crippen LogP contribution is -2.49. The Labute approximate surface area is 164 Å². The van der Waals surface area contributed by atoms with Gasteiger partial charge in [-0.25, -0.2) is 8.42 Å². The third-order valence-electron chi connectivity index (χ3n) is 5.12. The Morgan fingerprint density at radius 2 is 1.89 bits per heavy atom. The first-order valence-electron chi connectivity index (χ1n) is 9.20. The number of amides is 3. The summed E-state index contributed by atoms with van der Waals surface area (Å²) >= 11 is 0. The number of sulfonamides is 1. The first-order chi connectivity index (χ1) is 13.3. The van der Waals surface area contributed by atoms with Crippen LogP contribution in [0.15, 0.2) is 29.2 Å². The van der Waals surface area contributed by atoms with E-state index in [1.54, 1.807) is 18.0 Å². The molecule has 3 amide bonds. The van der Waals surface area contributed by atoms with Crippen LogP contribution in [0.2, 0.25) is 0 Å². The molecule has 2 N–H and O–H groups in total. The second-order valence-electron chi connectivity index (χ2n) is 6.90. The van der Waals surface area contributed by atoms with Crippen LogP contribution in [0.4, 0.5) is 0 Å². The van der Waals surface area contributed by atoms with Crippen LogP contribution in [0.3, 0.4) is 0 Å². The van der Waals surface area contributed by atoms with E-state index in [-0.39, 0.29) is 53.7 Å². The second-order valence-corrected chi connectivity index (χ2v) is 8.84. The minimum atomic E-state index is -3.86. The van der Waals surface area contributed by atoms with Crippen molar-refractivity contribution in [1.82, 2.24) is 19.8 Å². The zero-order chi connectivity index (χ0) is 20.3. The number of piperazine rings is 1. The highest BCUT2D eigenvalue weighted by atomic mass is 32.2. The molecule has 0 spiro atoms. The third-order valence-corrected chi connectivity index (χ3v) is 6.96. The lowest BCUT2D eigenvalue weighted by molar-refractivity contribution is -0.125. The molecule has 0 unspecified atom stereocenters. The number of nitrogens with one attached hydrogen (secondary N) is 2. The van der Waals surface area contributed by atoms with E-state index in [9.17, 15) is 22.8 Å². The molecule has 3 rings (SSSR count). The Bertz CT molecular complexity index is 878. The molecule has 152 valence electrons. The predicted molar refractivity (Wildman–Crippen MR) is 101 cm³/mol. The van der Waals surface area contributed by atoms with Gasteiger partial charge in [-0.2, -0.15) is 4.31 Å². The fraction of sp³-hybridized carbons (Fsp3) is 0.500. The molecule has 9 nitrogen and oxygen atoms in total. The largest absolute Gasteiger partial charge is 0.359 e. The molecule has 10 heteroatoms. The molecular weight excluding hydrogens is 384 g/mol. The maximum atomic E-state index is 12.8. The van der Waals surface area contributed by atoms with Crippen LogP contribution in [0.1, 0.15) is 23.2 Å². The molecular formula is C18H24N4O5S. The summed E-state index contributed by atoms with van der Waals surface area (Å²) in [5.41, 5.74) is 0.279. The highest BCUT2D eigenvalue weighted by Gasteiger charge is 2.31. The number of likely N-dealkylation sites (tertiary alicyclic amines) is 1. The van der Waals surface area contributed by atoms with Gasteiger partial charge in [-0.1, -0.05) is 6.07 Å². The first kappa shape index (κ1) is 20.3. The highest BCUT2D eigenvalue weighted by Crippen LogP contribution is 2.22. The van der Waals surface area contributed by atoms with Gasteiger partial charge in [0.05, 0.1) is 11.4 Å². The van der Waals surface area contributed by atoms with Crippen molar-refractivity contribution in [2.75, 3.05) is 39.8 Å². The van der Waals surface area contributed by atoms with Crippen molar-refractivity contribution in [3.8, 4) is 0 Å². The molecule has 2 heterocycles. The molecule has 1 aromatic rings. The third kappa shape index (κ3) is 4.17. The molecule has 2 aliphatic rings. The summed E-state index contributed by atoms with van der Waals surface area (Å²) < 4.78 is 26.7. The lowest BCUT2D eigenvalue weighted by Gasteiger charge is -2.31. The van der Waals surface area contributed by atoms with E-state index < -0.39 is 10.0 Å². The molecule has 0 bridgehead atoms. The van der Waals surface area contributed by atoms with Crippen LogP contribution in [0, 0.1) is 5.92 Å². The quantitative estimate of drug-likeness (QED) is 0.691. The van der Waals surface area contributed by atoms with E-state index in [1.807, 2.05) is 0 Å². The summed E-state index contributed by atoms with van der Waals surface area (Å²) in [6, 6.07) is 5.89. The van der Waals surface area contributed by atoms with Crippen molar-refractivity contribution in [1.29, 1.82) is 0 Å². The normalized spacial score (nSPS) is 19.2. The Morgan fingerprint density at radius 1 is 1.18 bits per heavy atom. The molecule has 2 aliphatic heterocycles. The standard InChI is InChI=1S/C18H24N4O5S/c1-19-17(24)13-5-8-21(9-6-13)18(25)14-3-2-4-15(11-14)28(26,27)22-10-7-20-16(23)12-22/h2-4,11,13H,5-10,12H2,1H3,(H,19,24)(H,20,23). The number of nitrogens with zero attached hydrogens (tertiary/aromatic N) is 2. The average molecular weight is 408 g/mol. The van der Waals surface area contributed by atoms with Crippen LogP contribution in [0.5, 0.6) is 0 Å². The topological polar surface area (TPSA) is 116 Å². The van der Waals surface area contributed by atoms with Crippen LogP contribution in [-0.2, 0) is 19.6 Å². The van der Waals surface area contributed by atoms with Crippen molar-refractivity contribution < 1.29 is 22.8 Å². The number of benzene rings is 1. The van der Waals surface area contributed by atoms with Crippen LogP contribution < -0.4 is 10.6 Å². The van der Waals surface area contributed by atoms with E-state index in [0.29, 0.717) is 25.9 Å². The summed E-state index contributed by atoms with van der Waals surface area (Å²) in [5.74, 6) is -0.735. The van der Waals surface area contributed by atoms with Crippen molar-refractivity contribution in [3.63, 3.8) is 0 Å². The Morgan fingerprint density at radius 3 is 2.54 bits per heavy atom. The molecule has 0 atom stereocenters. The number of carbonyl (C=O) groups is 3. The zero-order valence-electron chi connectivity index (χ0n) is 15.7. The number of carbonyl (C=O) groups excluding carboxylic acids is 3. The van der Waals surface area contributed by atoms with Gasteiger partial charge in [0.25, 0.3) is 5.91 Å². The summed E-state index contributed by atoms with van der Waals surface area (Å²) in [4.78, 5) is 37.7. The van der Waals surface area contributed by atoms with Gasteiger partial charge in [-0.3, -0.25) is 14.4 Å². The van der Waals surface area contributed by atoms with Gasteiger partial charge >= 0.3 is 0 Å². The van der Waals surface area contributed by atoms with Gasteiger partial charge in [-0.05, 0) is 31.0 Å². The molecule has 2 fully saturated rings. The molecule has 0 aromatic heterocycles. The Balaban J connectivity index is 1.73. The van der Waals surface area contributed by atoms with Crippen LogP contribution >= 0.6 is 0 Å². The number of hydrogen-bond acceptors (Lipinski definition) is 5. The summed E-state index contributed by atoms with van der Waals surface area (Å²) in [7, 11) is -2.26. The molecule has 2 saturated heterocycles. The predicted octanol–water partition coefficient (Wildman–Crippen LogP) is -0.595. The summed E-state index contributed by atoms with van der Waals surface area (Å²) in [5, 5.41) is 5.22. The van der Waals surface area contributed by atoms with Crippen molar-refractivity contribution in [3.05, 3.63) is 29.8 Å². The fourth-order valence-electron chi connectivity index (χ4n) is 3.49. The van der Waals surface area contributed by atoms with Crippen LogP contribution in [-0.4, -0.2) is 75.1 Å². The van der Waals surface area contributed by atoms with Crippen molar-refractivity contribution in [2.24, 2.45) is 5.92 Å². The van der Waals surface area contributed by atoms with E-state index >= 15 is 0 Å². The summed E-state index contributed by atoms with van der Waals surface area (Å²) in [6.07, 6.45) is 1.15. The maximum absolute atomic E-state index is 12.8. The monoisotopic (exact) mass is 408 g/mol. The van der Waals surface area contributed by atoms with Gasteiger partial charge < -0.3 is 15.5 Å². The summed E-state index contributed by atoms with van der Waals surface area (Å²) in [6.45, 7) is 1.12. The SMILES string of the molecule is CNC(=O)C1CCN(C(=O)c2cccc(S(=O)(=O)N3CCNC(=O)C3)c2)CC1. The fourth-order valence-corrected chi connectivity index (χ4v) is 4.93. The molecule has 0 aliphatic carbocycles. The average Bonchev–Trinajstić information content (AvgIpc) is 2.73. The van der Waals surface area contributed by atoms with Gasteiger partial charge in [0.15, 0.2) is 0 Å². The molecule has 0 radical (unpaired) electrons. The minimum Gasteiger partial charge on any atom is -0.359 e. The Hall–Kier alpha value is -2.46. The van der Waals surface area contributed by atoms with E-state index in [2.05, 4.69) is 10.6 Å². The van der Waals surface area contributed by atoms with Gasteiger partial charge in [0.1, 0.15) is 0 Å².